The van der Waals surface area contributed by atoms with Crippen molar-refractivity contribution < 1.29 is 28.7 Å². The highest BCUT2D eigenvalue weighted by molar-refractivity contribution is 6.25. The minimum absolute atomic E-state index is 0.0603. The van der Waals surface area contributed by atoms with E-state index in [1.165, 1.54) is 0 Å². The molecule has 0 spiro atoms. The molecule has 1 heterocycles. The van der Waals surface area contributed by atoms with E-state index in [0.29, 0.717) is 0 Å². The molecular formula is C25H33N5O5. The largest absolute Gasteiger partial charge is 0.461 e. The fraction of sp³-hybridized carbons (Fsp3) is 0.480. The highest BCUT2D eigenvalue weighted by Gasteiger charge is 2.32. The predicted octanol–water partition coefficient (Wildman–Crippen LogP) is 2.33. The van der Waals surface area contributed by atoms with Gasteiger partial charge in [-0.25, -0.2) is 4.79 Å². The molecule has 1 aromatic carbocycles. The number of benzene rings is 1. The summed E-state index contributed by atoms with van der Waals surface area (Å²) in [5, 5.41) is 6.35. The number of fused-ring (bicyclic) bond motifs is 1. The van der Waals surface area contributed by atoms with Gasteiger partial charge in [-0.3, -0.25) is 14.4 Å². The lowest BCUT2D eigenvalue weighted by molar-refractivity contribution is -0.152. The van der Waals surface area contributed by atoms with Crippen LogP contribution in [0.3, 0.4) is 0 Å². The van der Waals surface area contributed by atoms with E-state index in [-0.39, 0.29) is 25.2 Å². The molecule has 0 aliphatic heterocycles. The first kappa shape index (κ1) is 27.5. The third kappa shape index (κ3) is 8.19. The Bertz CT molecular complexity index is 1120. The van der Waals surface area contributed by atoms with Crippen LogP contribution in [-0.2, 0) is 30.3 Å². The highest BCUT2D eigenvalue weighted by Crippen LogP contribution is 2.20. The molecule has 0 aliphatic carbocycles. The number of Topliss-reactive ketones (excluding diaryl/α,β-unsaturated/α-hetero) is 1. The number of esters is 1. The number of aromatic nitrogens is 1. The van der Waals surface area contributed by atoms with Crippen LogP contribution < -0.4 is 10.6 Å². The predicted molar refractivity (Wildman–Crippen MR) is 130 cm³/mol. The zero-order valence-electron chi connectivity index (χ0n) is 20.8. The number of aromatic amines is 1. The first-order chi connectivity index (χ1) is 16.4. The number of carbonyl (C=O) groups excluding carboxylic acids is 4. The maximum atomic E-state index is 13.3. The number of rotatable bonds is 11. The number of carbonyl (C=O) groups is 4. The van der Waals surface area contributed by atoms with Crippen LogP contribution in [-0.4, -0.2) is 57.7 Å². The van der Waals surface area contributed by atoms with Gasteiger partial charge < -0.3 is 25.9 Å². The van der Waals surface area contributed by atoms with Gasteiger partial charge in [-0.1, -0.05) is 39.0 Å². The summed E-state index contributed by atoms with van der Waals surface area (Å²) in [5.41, 5.74) is 9.51. The monoisotopic (exact) mass is 483 g/mol. The number of ketones is 1. The highest BCUT2D eigenvalue weighted by atomic mass is 16.5. The van der Waals surface area contributed by atoms with Crippen molar-refractivity contribution in [1.82, 2.24) is 15.6 Å². The average Bonchev–Trinajstić information content (AvgIpc) is 3.17. The second-order valence-electron chi connectivity index (χ2n) is 9.64. The summed E-state index contributed by atoms with van der Waals surface area (Å²) in [6.45, 7) is 8.55. The third-order valence-corrected chi connectivity index (χ3v) is 5.24. The quantitative estimate of drug-likeness (QED) is 0.194. The molecule has 2 atom stereocenters. The summed E-state index contributed by atoms with van der Waals surface area (Å²) in [7, 11) is 0. The van der Waals surface area contributed by atoms with Crippen molar-refractivity contribution in [3.8, 4) is 0 Å². The molecule has 0 saturated heterocycles. The van der Waals surface area contributed by atoms with Crippen molar-refractivity contribution in [2.45, 2.75) is 72.1 Å². The maximum absolute atomic E-state index is 13.3. The number of amides is 2. The molecule has 10 nitrogen and oxygen atoms in total. The standard InChI is InChI=1S/C25H33N5O5/c1-15(2)35-23(33)20(11-10-17(31)14-28-26)29-22(32)21(30-24(34)25(3,4)5)12-16-13-27-19-9-7-6-8-18(16)19/h6-9,13-15,20-21,27H,10-12H2,1-5H3,(H,29,32)(H,30,34)/t20-,21?/m0/s1. The topological polar surface area (TPSA) is 154 Å². The third-order valence-electron chi connectivity index (χ3n) is 5.24. The number of hydrogen-bond acceptors (Lipinski definition) is 5. The van der Waals surface area contributed by atoms with Gasteiger partial charge in [-0.05, 0) is 31.9 Å². The van der Waals surface area contributed by atoms with Gasteiger partial charge in [0.05, 0.1) is 6.10 Å². The van der Waals surface area contributed by atoms with Crippen LogP contribution in [0.2, 0.25) is 0 Å². The lowest BCUT2D eigenvalue weighted by Crippen LogP contribution is -2.54. The summed E-state index contributed by atoms with van der Waals surface area (Å²) in [6.07, 6.45) is 2.06. The molecule has 2 amide bonds. The Kier molecular flexibility index (Phi) is 9.48. The Hall–Kier alpha value is -3.78. The van der Waals surface area contributed by atoms with Crippen molar-refractivity contribution in [2.75, 3.05) is 0 Å². The van der Waals surface area contributed by atoms with E-state index in [1.54, 1.807) is 40.8 Å². The first-order valence-corrected chi connectivity index (χ1v) is 11.5. The molecule has 2 aromatic rings. The summed E-state index contributed by atoms with van der Waals surface area (Å²) in [5.74, 6) is -2.12. The van der Waals surface area contributed by atoms with Crippen LogP contribution in [0.15, 0.2) is 30.5 Å². The van der Waals surface area contributed by atoms with Crippen LogP contribution in [0.5, 0.6) is 0 Å². The van der Waals surface area contributed by atoms with E-state index in [9.17, 15) is 19.2 Å². The SMILES string of the molecule is CC(C)OC(=O)[C@H](CCC(=O)C=[N+]=[N-])NC(=O)C(Cc1c[nH]c2ccccc12)NC(=O)C(C)(C)C. The second kappa shape index (κ2) is 12.1. The molecule has 0 bridgehead atoms. The van der Waals surface area contributed by atoms with Crippen molar-refractivity contribution >= 4 is 40.7 Å². The minimum atomic E-state index is -1.13. The second-order valence-corrected chi connectivity index (χ2v) is 9.64. The molecule has 0 radical (unpaired) electrons. The zero-order valence-corrected chi connectivity index (χ0v) is 20.8. The van der Waals surface area contributed by atoms with Gasteiger partial charge in [-0.15, -0.1) is 0 Å². The smallest absolute Gasteiger partial charge is 0.328 e. The maximum Gasteiger partial charge on any atom is 0.328 e. The molecule has 188 valence electrons. The Morgan fingerprint density at radius 2 is 1.80 bits per heavy atom. The number of ether oxygens (including phenoxy) is 1. The average molecular weight is 484 g/mol. The van der Waals surface area contributed by atoms with Crippen LogP contribution >= 0.6 is 0 Å². The van der Waals surface area contributed by atoms with E-state index < -0.39 is 41.3 Å². The normalized spacial score (nSPS) is 13.0. The summed E-state index contributed by atoms with van der Waals surface area (Å²) < 4.78 is 5.24. The van der Waals surface area contributed by atoms with E-state index in [4.69, 9.17) is 10.3 Å². The molecule has 2 rings (SSSR count). The Morgan fingerprint density at radius 1 is 1.11 bits per heavy atom. The van der Waals surface area contributed by atoms with Crippen molar-refractivity contribution in [2.24, 2.45) is 5.41 Å². The molecule has 1 aromatic heterocycles. The lowest BCUT2D eigenvalue weighted by atomic mass is 9.94. The number of H-pyrrole nitrogens is 1. The van der Waals surface area contributed by atoms with Crippen LogP contribution in [0.25, 0.3) is 16.4 Å². The van der Waals surface area contributed by atoms with Crippen molar-refractivity contribution in [1.29, 1.82) is 0 Å². The number of hydrogen-bond donors (Lipinski definition) is 3. The molecule has 1 unspecified atom stereocenters. The summed E-state index contributed by atoms with van der Waals surface area (Å²) in [4.78, 5) is 56.3. The lowest BCUT2D eigenvalue weighted by Gasteiger charge is -2.26. The Balaban J connectivity index is 2.29. The fourth-order valence-corrected chi connectivity index (χ4v) is 3.36. The van der Waals surface area contributed by atoms with Gasteiger partial charge in [0.25, 0.3) is 0 Å². The molecule has 3 N–H and O–H groups in total. The molecule has 10 heteroatoms. The van der Waals surface area contributed by atoms with Crippen molar-refractivity contribution in [3.63, 3.8) is 0 Å². The zero-order chi connectivity index (χ0) is 26.2. The van der Waals surface area contributed by atoms with Gasteiger partial charge in [0.1, 0.15) is 12.1 Å². The van der Waals surface area contributed by atoms with E-state index in [1.807, 2.05) is 24.3 Å². The van der Waals surface area contributed by atoms with Crippen LogP contribution in [0.1, 0.15) is 53.0 Å². The molecular weight excluding hydrogens is 450 g/mol. The van der Waals surface area contributed by atoms with E-state index >= 15 is 0 Å². The summed E-state index contributed by atoms with van der Waals surface area (Å²) in [6, 6.07) is 5.49. The van der Waals surface area contributed by atoms with Gasteiger partial charge in [0.15, 0.2) is 0 Å². The van der Waals surface area contributed by atoms with Gasteiger partial charge in [0, 0.05) is 35.4 Å². The van der Waals surface area contributed by atoms with Crippen LogP contribution in [0, 0.1) is 5.41 Å². The fourth-order valence-electron chi connectivity index (χ4n) is 3.36. The van der Waals surface area contributed by atoms with Crippen LogP contribution in [0.4, 0.5) is 0 Å². The number of nitrogens with zero attached hydrogens (tertiary/aromatic N) is 2. The molecule has 0 aliphatic rings. The Labute approximate surface area is 204 Å². The van der Waals surface area contributed by atoms with Gasteiger partial charge in [-0.2, -0.15) is 4.79 Å². The minimum Gasteiger partial charge on any atom is -0.461 e. The number of nitrogens with one attached hydrogen (secondary N) is 3. The van der Waals surface area contributed by atoms with E-state index in [2.05, 4.69) is 20.4 Å². The number of para-hydroxylation sites is 1. The van der Waals surface area contributed by atoms with Gasteiger partial charge in [0.2, 0.25) is 17.6 Å². The van der Waals surface area contributed by atoms with Crippen molar-refractivity contribution in [3.05, 3.63) is 41.6 Å². The summed E-state index contributed by atoms with van der Waals surface area (Å²) >= 11 is 0. The Morgan fingerprint density at radius 3 is 2.43 bits per heavy atom. The molecule has 0 fully saturated rings. The molecule has 0 saturated carbocycles. The first-order valence-electron chi connectivity index (χ1n) is 11.5. The van der Waals surface area contributed by atoms with E-state index in [0.717, 1.165) is 22.7 Å². The molecule has 35 heavy (non-hydrogen) atoms. The van der Waals surface area contributed by atoms with Gasteiger partial charge >= 0.3 is 12.2 Å².